The van der Waals surface area contributed by atoms with E-state index in [1.807, 2.05) is 0 Å². The highest BCUT2D eigenvalue weighted by Crippen LogP contribution is 2.34. The van der Waals surface area contributed by atoms with Crippen LogP contribution in [-0.4, -0.2) is 12.6 Å². The summed E-state index contributed by atoms with van der Waals surface area (Å²) in [5.41, 5.74) is 0. The van der Waals surface area contributed by atoms with Crippen LogP contribution in [0.4, 0.5) is 0 Å². The second-order valence-corrected chi connectivity index (χ2v) is 5.95. The van der Waals surface area contributed by atoms with Crippen LogP contribution in [0.2, 0.25) is 0 Å². The Morgan fingerprint density at radius 1 is 1.22 bits per heavy atom. The van der Waals surface area contributed by atoms with Crippen molar-refractivity contribution in [3.63, 3.8) is 0 Å². The van der Waals surface area contributed by atoms with Gasteiger partial charge in [-0.05, 0) is 50.5 Å². The molecule has 1 saturated carbocycles. The van der Waals surface area contributed by atoms with Crippen molar-refractivity contribution < 1.29 is 0 Å². The van der Waals surface area contributed by atoms with Crippen molar-refractivity contribution in [3.8, 4) is 0 Å². The van der Waals surface area contributed by atoms with Crippen LogP contribution in [0.3, 0.4) is 0 Å². The average molecular weight is 251 g/mol. The maximum atomic E-state index is 3.83. The normalized spacial score (nSPS) is 25.9. The van der Waals surface area contributed by atoms with Gasteiger partial charge in [-0.2, -0.15) is 0 Å². The summed E-state index contributed by atoms with van der Waals surface area (Å²) in [5.74, 6) is 1.96. The smallest absolute Gasteiger partial charge is 0.00953 e. The molecule has 0 aromatic rings. The summed E-state index contributed by atoms with van der Waals surface area (Å²) in [6.45, 7) is 9.51. The van der Waals surface area contributed by atoms with Gasteiger partial charge < -0.3 is 5.32 Å². The Morgan fingerprint density at radius 2 is 1.94 bits per heavy atom. The summed E-state index contributed by atoms with van der Waals surface area (Å²) in [4.78, 5) is 0. The number of rotatable bonds is 9. The van der Waals surface area contributed by atoms with Crippen molar-refractivity contribution >= 4 is 0 Å². The van der Waals surface area contributed by atoms with Crippen LogP contribution >= 0.6 is 0 Å². The quantitative estimate of drug-likeness (QED) is 0.453. The van der Waals surface area contributed by atoms with Crippen molar-refractivity contribution in [2.45, 2.75) is 77.7 Å². The van der Waals surface area contributed by atoms with Crippen molar-refractivity contribution in [1.29, 1.82) is 0 Å². The first-order chi connectivity index (χ1) is 8.81. The van der Waals surface area contributed by atoms with Gasteiger partial charge in [0.05, 0.1) is 0 Å². The van der Waals surface area contributed by atoms with E-state index < -0.39 is 0 Å². The van der Waals surface area contributed by atoms with Crippen LogP contribution in [0, 0.1) is 11.8 Å². The Morgan fingerprint density at radius 3 is 2.50 bits per heavy atom. The van der Waals surface area contributed by atoms with E-state index in [0.29, 0.717) is 0 Å². The van der Waals surface area contributed by atoms with Crippen molar-refractivity contribution in [1.82, 2.24) is 5.32 Å². The number of hydrogen-bond acceptors (Lipinski definition) is 1. The zero-order valence-electron chi connectivity index (χ0n) is 12.6. The maximum absolute atomic E-state index is 3.83. The van der Waals surface area contributed by atoms with Crippen LogP contribution in [0.5, 0.6) is 0 Å². The van der Waals surface area contributed by atoms with Gasteiger partial charge in [0.25, 0.3) is 0 Å². The van der Waals surface area contributed by atoms with Gasteiger partial charge >= 0.3 is 0 Å². The van der Waals surface area contributed by atoms with E-state index in [1.165, 1.54) is 57.8 Å². The number of unbranched alkanes of at least 4 members (excludes halogenated alkanes) is 1. The third-order valence-corrected chi connectivity index (χ3v) is 4.55. The molecular formula is C17H33N. The minimum atomic E-state index is 0.762. The third kappa shape index (κ3) is 5.56. The van der Waals surface area contributed by atoms with E-state index in [2.05, 4.69) is 31.8 Å². The molecule has 0 amide bonds. The van der Waals surface area contributed by atoms with Crippen molar-refractivity contribution in [2.24, 2.45) is 11.8 Å². The molecule has 0 radical (unpaired) electrons. The highest BCUT2D eigenvalue weighted by Gasteiger charge is 2.26. The zero-order chi connectivity index (χ0) is 13.2. The lowest BCUT2D eigenvalue weighted by atomic mass is 9.76. The van der Waals surface area contributed by atoms with Gasteiger partial charge in [-0.15, -0.1) is 6.58 Å². The molecule has 1 fully saturated rings. The summed E-state index contributed by atoms with van der Waals surface area (Å²) in [6, 6.07) is 0.762. The summed E-state index contributed by atoms with van der Waals surface area (Å²) in [5, 5.41) is 3.72. The Bertz CT molecular complexity index is 204. The molecule has 0 aromatic heterocycles. The zero-order valence-corrected chi connectivity index (χ0v) is 12.6. The molecular weight excluding hydrogens is 218 g/mol. The summed E-state index contributed by atoms with van der Waals surface area (Å²) in [6.07, 6.45) is 14.5. The molecule has 0 aliphatic heterocycles. The molecule has 0 aromatic carbocycles. The van der Waals surface area contributed by atoms with Gasteiger partial charge in [0.15, 0.2) is 0 Å². The monoisotopic (exact) mass is 251 g/mol. The average Bonchev–Trinajstić information content (AvgIpc) is 2.39. The fraction of sp³-hybridized carbons (Fsp3) is 0.882. The van der Waals surface area contributed by atoms with Gasteiger partial charge in [0.1, 0.15) is 0 Å². The molecule has 0 saturated heterocycles. The number of hydrogen-bond donors (Lipinski definition) is 1. The molecule has 106 valence electrons. The fourth-order valence-corrected chi connectivity index (χ4v) is 3.54. The van der Waals surface area contributed by atoms with Gasteiger partial charge in [0.2, 0.25) is 0 Å². The Hall–Kier alpha value is -0.300. The predicted molar refractivity (Wildman–Crippen MR) is 81.9 cm³/mol. The number of nitrogens with one attached hydrogen (secondary N) is 1. The molecule has 1 rings (SSSR count). The molecule has 1 unspecified atom stereocenters. The predicted octanol–water partition coefficient (Wildman–Crippen LogP) is 4.93. The molecule has 1 N–H and O–H groups in total. The van der Waals surface area contributed by atoms with Gasteiger partial charge in [-0.25, -0.2) is 0 Å². The molecule has 1 nitrogen and oxygen atoms in total. The van der Waals surface area contributed by atoms with Crippen LogP contribution in [0.1, 0.15) is 71.6 Å². The van der Waals surface area contributed by atoms with E-state index in [1.54, 1.807) is 0 Å². The third-order valence-electron chi connectivity index (χ3n) is 4.55. The summed E-state index contributed by atoms with van der Waals surface area (Å²) < 4.78 is 0. The molecule has 18 heavy (non-hydrogen) atoms. The van der Waals surface area contributed by atoms with Crippen LogP contribution in [-0.2, 0) is 0 Å². The van der Waals surface area contributed by atoms with Gasteiger partial charge in [-0.1, -0.05) is 45.6 Å². The van der Waals surface area contributed by atoms with E-state index in [4.69, 9.17) is 0 Å². The first-order valence-corrected chi connectivity index (χ1v) is 8.16. The molecule has 1 aliphatic carbocycles. The number of allylic oxidation sites excluding steroid dienone is 1. The van der Waals surface area contributed by atoms with E-state index in [0.717, 1.165) is 24.4 Å². The van der Waals surface area contributed by atoms with Crippen molar-refractivity contribution in [2.75, 3.05) is 6.54 Å². The van der Waals surface area contributed by atoms with Crippen molar-refractivity contribution in [3.05, 3.63) is 12.7 Å². The molecule has 1 aliphatic rings. The van der Waals surface area contributed by atoms with Crippen LogP contribution in [0.15, 0.2) is 12.7 Å². The highest BCUT2D eigenvalue weighted by molar-refractivity contribution is 4.82. The second kappa shape index (κ2) is 9.61. The molecule has 0 heterocycles. The lowest BCUT2D eigenvalue weighted by Gasteiger charge is -2.34. The van der Waals surface area contributed by atoms with E-state index in [-0.39, 0.29) is 0 Å². The SMILES string of the molecule is C=CCCCC(NCC)C1CCC(CCC)CC1. The minimum absolute atomic E-state index is 0.762. The van der Waals surface area contributed by atoms with E-state index in [9.17, 15) is 0 Å². The summed E-state index contributed by atoms with van der Waals surface area (Å²) >= 11 is 0. The topological polar surface area (TPSA) is 12.0 Å². The lowest BCUT2D eigenvalue weighted by Crippen LogP contribution is -2.38. The summed E-state index contributed by atoms with van der Waals surface area (Å²) in [7, 11) is 0. The Kier molecular flexibility index (Phi) is 8.41. The van der Waals surface area contributed by atoms with Crippen LogP contribution in [0.25, 0.3) is 0 Å². The largest absolute Gasteiger partial charge is 0.314 e. The fourth-order valence-electron chi connectivity index (χ4n) is 3.54. The van der Waals surface area contributed by atoms with E-state index >= 15 is 0 Å². The first-order valence-electron chi connectivity index (χ1n) is 8.16. The molecule has 0 spiro atoms. The highest BCUT2D eigenvalue weighted by atomic mass is 14.9. The Labute approximate surface area is 114 Å². The maximum Gasteiger partial charge on any atom is 0.00953 e. The first kappa shape index (κ1) is 15.8. The lowest BCUT2D eigenvalue weighted by molar-refractivity contribution is 0.207. The Balaban J connectivity index is 2.32. The second-order valence-electron chi connectivity index (χ2n) is 5.95. The minimum Gasteiger partial charge on any atom is -0.314 e. The molecule has 1 atom stereocenters. The molecule has 1 heteroatoms. The van der Waals surface area contributed by atoms with Gasteiger partial charge in [-0.3, -0.25) is 0 Å². The van der Waals surface area contributed by atoms with Gasteiger partial charge in [0, 0.05) is 6.04 Å². The van der Waals surface area contributed by atoms with Crippen LogP contribution < -0.4 is 5.32 Å². The molecule has 0 bridgehead atoms. The standard InChI is InChI=1S/C17H33N/c1-4-7-8-10-17(18-6-3)16-13-11-15(9-5-2)12-14-16/h4,15-18H,1,5-14H2,2-3H3.